The van der Waals surface area contributed by atoms with Gasteiger partial charge in [0.15, 0.2) is 0 Å². The lowest BCUT2D eigenvalue weighted by atomic mass is 9.74. The molecule has 0 aromatic heterocycles. The van der Waals surface area contributed by atoms with Crippen molar-refractivity contribution < 1.29 is 4.74 Å². The van der Waals surface area contributed by atoms with E-state index in [-0.39, 0.29) is 5.60 Å². The summed E-state index contributed by atoms with van der Waals surface area (Å²) in [7, 11) is 0. The van der Waals surface area contributed by atoms with Crippen molar-refractivity contribution >= 4 is 0 Å². The van der Waals surface area contributed by atoms with Gasteiger partial charge in [-0.25, -0.2) is 0 Å². The van der Waals surface area contributed by atoms with Crippen molar-refractivity contribution in [2.24, 2.45) is 11.8 Å². The molecule has 1 saturated heterocycles. The molecule has 1 fully saturated rings. The Morgan fingerprint density at radius 3 is 2.20 bits per heavy atom. The van der Waals surface area contributed by atoms with Crippen LogP contribution in [0.2, 0.25) is 0 Å². The van der Waals surface area contributed by atoms with Crippen LogP contribution in [0.3, 0.4) is 0 Å². The van der Waals surface area contributed by atoms with Crippen molar-refractivity contribution in [3.63, 3.8) is 0 Å². The Morgan fingerprint density at radius 1 is 1.10 bits per heavy atom. The van der Waals surface area contributed by atoms with Gasteiger partial charge in [0.25, 0.3) is 0 Å². The SMILES string of the molecule is CC(C)C1=C(C(C)C)[C@@]2(CCN(C(C)C)[C@@H](C)C2)OC1. The average molecular weight is 279 g/mol. The van der Waals surface area contributed by atoms with Gasteiger partial charge in [0.05, 0.1) is 12.2 Å². The summed E-state index contributed by atoms with van der Waals surface area (Å²) in [5.41, 5.74) is 3.24. The highest BCUT2D eigenvalue weighted by Gasteiger charge is 2.47. The van der Waals surface area contributed by atoms with Crippen LogP contribution in [0, 0.1) is 11.8 Å². The zero-order chi connectivity index (χ0) is 15.1. The van der Waals surface area contributed by atoms with E-state index in [1.807, 2.05) is 0 Å². The van der Waals surface area contributed by atoms with Crippen LogP contribution in [0.25, 0.3) is 0 Å². The van der Waals surface area contributed by atoms with Gasteiger partial charge in [0, 0.05) is 18.6 Å². The molecule has 0 saturated carbocycles. The third-order valence-electron chi connectivity index (χ3n) is 5.24. The summed E-state index contributed by atoms with van der Waals surface area (Å²) in [5, 5.41) is 0. The lowest BCUT2D eigenvalue weighted by Crippen LogP contribution is -2.53. The quantitative estimate of drug-likeness (QED) is 0.716. The number of rotatable bonds is 3. The van der Waals surface area contributed by atoms with Crippen LogP contribution in [-0.4, -0.2) is 35.7 Å². The first-order valence-corrected chi connectivity index (χ1v) is 8.41. The van der Waals surface area contributed by atoms with Gasteiger partial charge in [-0.15, -0.1) is 0 Å². The summed E-state index contributed by atoms with van der Waals surface area (Å²) in [6.45, 7) is 18.3. The highest BCUT2D eigenvalue weighted by atomic mass is 16.5. The van der Waals surface area contributed by atoms with Gasteiger partial charge in [-0.05, 0) is 56.6 Å². The monoisotopic (exact) mass is 279 g/mol. The molecule has 2 aliphatic heterocycles. The normalized spacial score (nSPS) is 32.4. The van der Waals surface area contributed by atoms with E-state index in [1.165, 1.54) is 13.0 Å². The molecule has 0 N–H and O–H groups in total. The highest BCUT2D eigenvalue weighted by molar-refractivity contribution is 5.33. The van der Waals surface area contributed by atoms with Crippen molar-refractivity contribution in [3.8, 4) is 0 Å². The van der Waals surface area contributed by atoms with Gasteiger partial charge in [-0.2, -0.15) is 0 Å². The first-order valence-electron chi connectivity index (χ1n) is 8.41. The molecule has 2 atom stereocenters. The third-order valence-corrected chi connectivity index (χ3v) is 5.24. The minimum Gasteiger partial charge on any atom is -0.366 e. The van der Waals surface area contributed by atoms with Crippen LogP contribution in [-0.2, 0) is 4.74 Å². The topological polar surface area (TPSA) is 12.5 Å². The van der Waals surface area contributed by atoms with E-state index in [4.69, 9.17) is 4.74 Å². The van der Waals surface area contributed by atoms with Crippen LogP contribution in [0.5, 0.6) is 0 Å². The van der Waals surface area contributed by atoms with Crippen LogP contribution < -0.4 is 0 Å². The fourth-order valence-corrected chi connectivity index (χ4v) is 4.41. The summed E-state index contributed by atoms with van der Waals surface area (Å²) in [6.07, 6.45) is 2.33. The minimum absolute atomic E-state index is 0.0403. The fourth-order valence-electron chi connectivity index (χ4n) is 4.41. The molecule has 2 aliphatic rings. The number of hydrogen-bond acceptors (Lipinski definition) is 2. The van der Waals surface area contributed by atoms with Gasteiger partial charge in [-0.1, -0.05) is 27.7 Å². The molecular weight excluding hydrogens is 246 g/mol. The lowest BCUT2D eigenvalue weighted by Gasteiger charge is -2.47. The van der Waals surface area contributed by atoms with E-state index in [0.717, 1.165) is 13.0 Å². The van der Waals surface area contributed by atoms with E-state index in [1.54, 1.807) is 11.1 Å². The van der Waals surface area contributed by atoms with Crippen molar-refractivity contribution in [1.29, 1.82) is 0 Å². The molecular formula is C18H33NO. The Hall–Kier alpha value is -0.340. The summed E-state index contributed by atoms with van der Waals surface area (Å²) in [6, 6.07) is 1.25. The van der Waals surface area contributed by atoms with Crippen LogP contribution >= 0.6 is 0 Å². The second-order valence-electron chi connectivity index (χ2n) is 7.67. The molecule has 0 aromatic carbocycles. The summed E-state index contributed by atoms with van der Waals surface area (Å²) in [4.78, 5) is 2.62. The number of piperidine rings is 1. The highest BCUT2D eigenvalue weighted by Crippen LogP contribution is 2.47. The molecule has 1 spiro atoms. The maximum absolute atomic E-state index is 6.43. The second kappa shape index (κ2) is 5.81. The van der Waals surface area contributed by atoms with E-state index in [0.29, 0.717) is 23.9 Å². The molecule has 2 nitrogen and oxygen atoms in total. The molecule has 0 aromatic rings. The van der Waals surface area contributed by atoms with Crippen molar-refractivity contribution in [1.82, 2.24) is 4.90 Å². The summed E-state index contributed by atoms with van der Waals surface area (Å²) in [5.74, 6) is 1.22. The number of ether oxygens (including phenoxy) is 1. The molecule has 0 bridgehead atoms. The Kier molecular flexibility index (Phi) is 4.66. The van der Waals surface area contributed by atoms with Gasteiger partial charge in [0.2, 0.25) is 0 Å². The van der Waals surface area contributed by atoms with Crippen LogP contribution in [0.15, 0.2) is 11.1 Å². The smallest absolute Gasteiger partial charge is 0.0928 e. The maximum atomic E-state index is 6.43. The van der Waals surface area contributed by atoms with Crippen LogP contribution in [0.4, 0.5) is 0 Å². The van der Waals surface area contributed by atoms with E-state index in [2.05, 4.69) is 53.4 Å². The molecule has 0 radical (unpaired) electrons. The Bertz CT molecular complexity index is 383. The molecule has 0 aliphatic carbocycles. The lowest BCUT2D eigenvalue weighted by molar-refractivity contribution is -0.0597. The van der Waals surface area contributed by atoms with Gasteiger partial charge in [-0.3, -0.25) is 4.90 Å². The molecule has 0 unspecified atom stereocenters. The summed E-state index contributed by atoms with van der Waals surface area (Å²) < 4.78 is 6.43. The van der Waals surface area contributed by atoms with Gasteiger partial charge in [0.1, 0.15) is 0 Å². The largest absolute Gasteiger partial charge is 0.366 e. The molecule has 2 rings (SSSR count). The van der Waals surface area contributed by atoms with Crippen LogP contribution in [0.1, 0.15) is 61.3 Å². The molecule has 0 amide bonds. The molecule has 2 heteroatoms. The zero-order valence-electron chi connectivity index (χ0n) is 14.5. The minimum atomic E-state index is 0.0403. The summed E-state index contributed by atoms with van der Waals surface area (Å²) >= 11 is 0. The number of likely N-dealkylation sites (tertiary alicyclic amines) is 1. The zero-order valence-corrected chi connectivity index (χ0v) is 14.5. The Morgan fingerprint density at radius 2 is 1.75 bits per heavy atom. The second-order valence-corrected chi connectivity index (χ2v) is 7.67. The standard InChI is InChI=1S/C18H33NO/c1-12(2)16-11-20-18(17(16)13(3)4)8-9-19(14(5)6)15(7)10-18/h12-15H,8-11H2,1-7H3/t15-,18-/m0/s1. The third kappa shape index (κ3) is 2.69. The van der Waals surface area contributed by atoms with E-state index < -0.39 is 0 Å². The first kappa shape index (κ1) is 16.0. The first-order chi connectivity index (χ1) is 9.28. The van der Waals surface area contributed by atoms with Crippen molar-refractivity contribution in [2.45, 2.75) is 79.0 Å². The number of hydrogen-bond donors (Lipinski definition) is 0. The van der Waals surface area contributed by atoms with E-state index >= 15 is 0 Å². The predicted octanol–water partition coefficient (Wildman–Crippen LogP) is 4.26. The van der Waals surface area contributed by atoms with Crippen molar-refractivity contribution in [2.75, 3.05) is 13.2 Å². The molecule has 20 heavy (non-hydrogen) atoms. The average Bonchev–Trinajstić information content (AvgIpc) is 2.67. The van der Waals surface area contributed by atoms with Gasteiger partial charge < -0.3 is 4.74 Å². The van der Waals surface area contributed by atoms with Gasteiger partial charge >= 0.3 is 0 Å². The molecule has 2 heterocycles. The van der Waals surface area contributed by atoms with E-state index in [9.17, 15) is 0 Å². The Balaban J connectivity index is 2.28. The number of nitrogens with zero attached hydrogens (tertiary/aromatic N) is 1. The Labute approximate surface area is 125 Å². The maximum Gasteiger partial charge on any atom is 0.0928 e. The predicted molar refractivity (Wildman–Crippen MR) is 85.9 cm³/mol. The van der Waals surface area contributed by atoms with Crippen molar-refractivity contribution in [3.05, 3.63) is 11.1 Å². The molecule has 116 valence electrons. The fraction of sp³-hybridized carbons (Fsp3) is 0.889.